The number of hydrogen-bond donors (Lipinski definition) is 0. The normalized spacial score (nSPS) is 24.2. The molecule has 1 aromatic rings. The number of hydrogen-bond acceptors (Lipinski definition) is 3. The molecule has 2 fully saturated rings. The lowest BCUT2D eigenvalue weighted by Crippen LogP contribution is -2.46. The van der Waals surface area contributed by atoms with Crippen molar-refractivity contribution in [2.45, 2.75) is 56.6 Å². The van der Waals surface area contributed by atoms with E-state index in [0.717, 1.165) is 32.4 Å². The molecule has 0 bridgehead atoms. The highest BCUT2D eigenvalue weighted by atomic mass is 16.5. The minimum Gasteiger partial charge on any atom is -0.373 e. The maximum atomic E-state index is 12.6. The number of piperidine rings is 2. The van der Waals surface area contributed by atoms with E-state index in [1.54, 1.807) is 7.11 Å². The number of amides is 1. The molecule has 0 saturated carbocycles. The van der Waals surface area contributed by atoms with Crippen LogP contribution < -0.4 is 0 Å². The van der Waals surface area contributed by atoms with E-state index < -0.39 is 0 Å². The van der Waals surface area contributed by atoms with Crippen LogP contribution in [0.2, 0.25) is 0 Å². The van der Waals surface area contributed by atoms with Gasteiger partial charge < -0.3 is 14.5 Å². The highest BCUT2D eigenvalue weighted by Gasteiger charge is 2.37. The Kier molecular flexibility index (Phi) is 6.13. The molecule has 2 saturated heterocycles. The maximum absolute atomic E-state index is 12.6. The second-order valence-electron chi connectivity index (χ2n) is 7.61. The first kappa shape index (κ1) is 18.4. The Morgan fingerprint density at radius 3 is 2.52 bits per heavy atom. The second-order valence-corrected chi connectivity index (χ2v) is 7.61. The molecule has 0 aromatic heterocycles. The highest BCUT2D eigenvalue weighted by molar-refractivity contribution is 5.76. The number of likely N-dealkylation sites (tertiary alicyclic amines) is 2. The number of ether oxygens (including phenoxy) is 1. The first-order valence-corrected chi connectivity index (χ1v) is 9.73. The second kappa shape index (κ2) is 8.33. The summed E-state index contributed by atoms with van der Waals surface area (Å²) in [5.41, 5.74) is 0.996. The van der Waals surface area contributed by atoms with Crippen molar-refractivity contribution >= 4 is 5.91 Å². The smallest absolute Gasteiger partial charge is 0.222 e. The number of nitrogens with zero attached hydrogens (tertiary/aromatic N) is 2. The molecule has 1 aromatic carbocycles. The maximum Gasteiger partial charge on any atom is 0.222 e. The summed E-state index contributed by atoms with van der Waals surface area (Å²) in [6.07, 6.45) is 7.28. The summed E-state index contributed by atoms with van der Waals surface area (Å²) in [5, 5.41) is 0. The van der Waals surface area contributed by atoms with Gasteiger partial charge in [0.25, 0.3) is 0 Å². The first-order valence-electron chi connectivity index (χ1n) is 9.73. The van der Waals surface area contributed by atoms with E-state index in [0.29, 0.717) is 18.4 Å². The van der Waals surface area contributed by atoms with Gasteiger partial charge in [0.15, 0.2) is 0 Å². The number of benzene rings is 1. The molecule has 2 aliphatic heterocycles. The van der Waals surface area contributed by atoms with Gasteiger partial charge in [-0.3, -0.25) is 4.79 Å². The molecule has 0 radical (unpaired) electrons. The van der Waals surface area contributed by atoms with Gasteiger partial charge in [-0.15, -0.1) is 0 Å². The topological polar surface area (TPSA) is 32.8 Å². The lowest BCUT2D eigenvalue weighted by molar-refractivity contribution is -0.137. The number of carbonyl (C=O) groups is 1. The van der Waals surface area contributed by atoms with Crippen molar-refractivity contribution in [2.24, 2.45) is 0 Å². The van der Waals surface area contributed by atoms with Crippen LogP contribution in [0, 0.1) is 0 Å². The number of carbonyl (C=O) groups excluding carboxylic acids is 1. The zero-order valence-corrected chi connectivity index (χ0v) is 15.7. The molecular formula is C21H32N2O2. The average molecular weight is 344 g/mol. The van der Waals surface area contributed by atoms with E-state index in [9.17, 15) is 4.79 Å². The zero-order chi connectivity index (χ0) is 17.7. The zero-order valence-electron chi connectivity index (χ0n) is 15.7. The van der Waals surface area contributed by atoms with Crippen LogP contribution in [-0.4, -0.2) is 55.5 Å². The average Bonchev–Trinajstić information content (AvgIpc) is 2.68. The summed E-state index contributed by atoms with van der Waals surface area (Å²) >= 11 is 0. The Morgan fingerprint density at radius 1 is 1.16 bits per heavy atom. The lowest BCUT2D eigenvalue weighted by Gasteiger charge is -2.41. The van der Waals surface area contributed by atoms with Crippen molar-refractivity contribution in [3.05, 3.63) is 35.9 Å². The molecule has 138 valence electrons. The van der Waals surface area contributed by atoms with Gasteiger partial charge in [0.1, 0.15) is 0 Å². The van der Waals surface area contributed by atoms with Crippen molar-refractivity contribution in [1.29, 1.82) is 0 Å². The minimum absolute atomic E-state index is 0.234. The lowest BCUT2D eigenvalue weighted by atomic mass is 9.84. The summed E-state index contributed by atoms with van der Waals surface area (Å²) in [4.78, 5) is 17.1. The molecular weight excluding hydrogens is 312 g/mol. The third kappa shape index (κ3) is 4.24. The molecule has 0 unspecified atom stereocenters. The molecule has 0 aliphatic carbocycles. The van der Waals surface area contributed by atoms with Crippen LogP contribution in [0.15, 0.2) is 30.3 Å². The summed E-state index contributed by atoms with van der Waals surface area (Å²) in [5.74, 6) is 0.316. The Labute approximate surface area is 152 Å². The Hall–Kier alpha value is -1.39. The van der Waals surface area contributed by atoms with Gasteiger partial charge in [-0.05, 0) is 51.3 Å². The fourth-order valence-corrected chi connectivity index (χ4v) is 4.43. The van der Waals surface area contributed by atoms with E-state index in [1.807, 2.05) is 11.0 Å². The van der Waals surface area contributed by atoms with Crippen LogP contribution in [-0.2, 0) is 15.1 Å². The van der Waals surface area contributed by atoms with Gasteiger partial charge in [-0.25, -0.2) is 0 Å². The molecule has 2 heterocycles. The molecule has 2 aliphatic rings. The van der Waals surface area contributed by atoms with E-state index in [1.165, 1.54) is 31.4 Å². The van der Waals surface area contributed by atoms with E-state index in [2.05, 4.69) is 36.2 Å². The molecule has 1 atom stereocenters. The van der Waals surface area contributed by atoms with Gasteiger partial charge in [-0.2, -0.15) is 0 Å². The largest absolute Gasteiger partial charge is 0.373 e. The Balaban J connectivity index is 1.52. The summed E-state index contributed by atoms with van der Waals surface area (Å²) in [6.45, 7) is 2.76. The van der Waals surface area contributed by atoms with Crippen LogP contribution in [0.25, 0.3) is 0 Å². The molecule has 0 N–H and O–H groups in total. The summed E-state index contributed by atoms with van der Waals surface area (Å²) in [7, 11) is 3.99. The molecule has 3 rings (SSSR count). The fraction of sp³-hybridized carbons (Fsp3) is 0.667. The van der Waals surface area contributed by atoms with E-state index >= 15 is 0 Å². The van der Waals surface area contributed by atoms with Gasteiger partial charge >= 0.3 is 0 Å². The molecule has 1 amide bonds. The monoisotopic (exact) mass is 344 g/mol. The van der Waals surface area contributed by atoms with Crippen molar-refractivity contribution in [2.75, 3.05) is 33.8 Å². The van der Waals surface area contributed by atoms with Gasteiger partial charge in [0, 0.05) is 32.7 Å². The SMILES string of the molecule is COC1(c2ccccc2)CCN(C(=O)CC[C@@H]2CCCCN2C)CC1. The predicted octanol–water partition coefficient (Wildman–Crippen LogP) is 3.42. The van der Waals surface area contributed by atoms with Gasteiger partial charge in [0.2, 0.25) is 5.91 Å². The van der Waals surface area contributed by atoms with Crippen LogP contribution in [0.3, 0.4) is 0 Å². The van der Waals surface area contributed by atoms with E-state index in [-0.39, 0.29) is 5.60 Å². The Morgan fingerprint density at radius 2 is 1.88 bits per heavy atom. The summed E-state index contributed by atoms with van der Waals surface area (Å²) in [6, 6.07) is 11.0. The van der Waals surface area contributed by atoms with Crippen molar-refractivity contribution in [3.8, 4) is 0 Å². The fourth-order valence-electron chi connectivity index (χ4n) is 4.43. The van der Waals surface area contributed by atoms with Crippen molar-refractivity contribution in [3.63, 3.8) is 0 Å². The van der Waals surface area contributed by atoms with Crippen LogP contribution in [0.4, 0.5) is 0 Å². The van der Waals surface area contributed by atoms with Crippen LogP contribution in [0.5, 0.6) is 0 Å². The van der Waals surface area contributed by atoms with Crippen LogP contribution >= 0.6 is 0 Å². The van der Waals surface area contributed by atoms with Crippen molar-refractivity contribution in [1.82, 2.24) is 9.80 Å². The molecule has 4 heteroatoms. The third-order valence-corrected chi connectivity index (χ3v) is 6.23. The number of rotatable bonds is 5. The third-order valence-electron chi connectivity index (χ3n) is 6.23. The molecule has 25 heavy (non-hydrogen) atoms. The molecule has 4 nitrogen and oxygen atoms in total. The first-order chi connectivity index (χ1) is 12.1. The Bertz CT molecular complexity index is 552. The quantitative estimate of drug-likeness (QED) is 0.820. The van der Waals surface area contributed by atoms with Gasteiger partial charge in [0.05, 0.1) is 5.60 Å². The van der Waals surface area contributed by atoms with E-state index in [4.69, 9.17) is 4.74 Å². The molecule has 0 spiro atoms. The number of methoxy groups -OCH3 is 1. The highest BCUT2D eigenvalue weighted by Crippen LogP contribution is 2.36. The summed E-state index contributed by atoms with van der Waals surface area (Å²) < 4.78 is 5.92. The minimum atomic E-state index is -0.234. The van der Waals surface area contributed by atoms with Crippen LogP contribution in [0.1, 0.15) is 50.5 Å². The predicted molar refractivity (Wildman–Crippen MR) is 100 cm³/mol. The van der Waals surface area contributed by atoms with Crippen molar-refractivity contribution < 1.29 is 9.53 Å². The standard InChI is InChI=1S/C21H32N2O2/c1-22-15-7-6-10-19(22)11-12-20(24)23-16-13-21(25-2,14-17-23)18-8-4-3-5-9-18/h3-5,8-9,19H,6-7,10-17H2,1-2H3/t19-/m0/s1. The van der Waals surface area contributed by atoms with Gasteiger partial charge in [-0.1, -0.05) is 36.8 Å².